The minimum Gasteiger partial charge on any atom is -0.339 e. The molecule has 1 aliphatic rings. The zero-order valence-corrected chi connectivity index (χ0v) is 20.5. The SMILES string of the molecule is CCCCc1cc2c(c(CCCC)c1CCCC)N(CCCC)c1ccccc1S2. The van der Waals surface area contributed by atoms with Crippen LogP contribution in [0.3, 0.4) is 0 Å². The summed E-state index contributed by atoms with van der Waals surface area (Å²) >= 11 is 2.01. The third-order valence-corrected chi connectivity index (χ3v) is 7.41. The van der Waals surface area contributed by atoms with Crippen LogP contribution in [0.5, 0.6) is 0 Å². The monoisotopic (exact) mass is 423 g/mol. The summed E-state index contributed by atoms with van der Waals surface area (Å²) in [4.78, 5) is 5.60. The molecular weight excluding hydrogens is 382 g/mol. The fourth-order valence-electron chi connectivity index (χ4n) is 4.60. The van der Waals surface area contributed by atoms with Gasteiger partial charge in [0.2, 0.25) is 0 Å². The van der Waals surface area contributed by atoms with Crippen LogP contribution in [-0.2, 0) is 19.3 Å². The molecule has 0 spiro atoms. The molecule has 0 atom stereocenters. The Kier molecular flexibility index (Phi) is 9.18. The van der Waals surface area contributed by atoms with Crippen LogP contribution in [0.4, 0.5) is 11.4 Å². The molecule has 2 aromatic rings. The van der Waals surface area contributed by atoms with Crippen LogP contribution >= 0.6 is 11.8 Å². The summed E-state index contributed by atoms with van der Waals surface area (Å²) in [6.07, 6.45) is 13.9. The molecule has 1 heterocycles. The lowest BCUT2D eigenvalue weighted by Gasteiger charge is -2.36. The molecule has 0 bridgehead atoms. The van der Waals surface area contributed by atoms with E-state index >= 15 is 0 Å². The molecule has 0 aromatic heterocycles. The van der Waals surface area contributed by atoms with Gasteiger partial charge in [0, 0.05) is 16.3 Å². The lowest BCUT2D eigenvalue weighted by Crippen LogP contribution is -2.24. The topological polar surface area (TPSA) is 3.24 Å². The number of benzene rings is 2. The van der Waals surface area contributed by atoms with E-state index in [9.17, 15) is 0 Å². The largest absolute Gasteiger partial charge is 0.339 e. The average molecular weight is 424 g/mol. The molecule has 0 radical (unpaired) electrons. The second-order valence-electron chi connectivity index (χ2n) is 8.73. The molecule has 0 amide bonds. The second-order valence-corrected chi connectivity index (χ2v) is 9.81. The van der Waals surface area contributed by atoms with Gasteiger partial charge in [-0.2, -0.15) is 0 Å². The van der Waals surface area contributed by atoms with Gasteiger partial charge in [-0.3, -0.25) is 0 Å². The van der Waals surface area contributed by atoms with E-state index in [1.165, 1.54) is 86.1 Å². The highest BCUT2D eigenvalue weighted by atomic mass is 32.2. The van der Waals surface area contributed by atoms with E-state index in [4.69, 9.17) is 0 Å². The van der Waals surface area contributed by atoms with E-state index in [0.29, 0.717) is 0 Å². The van der Waals surface area contributed by atoms with Crippen molar-refractivity contribution < 1.29 is 0 Å². The number of para-hydroxylation sites is 1. The maximum Gasteiger partial charge on any atom is 0.0588 e. The van der Waals surface area contributed by atoms with Crippen molar-refractivity contribution in [3.8, 4) is 0 Å². The number of aryl methyl sites for hydroxylation is 1. The molecule has 2 heteroatoms. The number of hydrogen-bond acceptors (Lipinski definition) is 2. The molecule has 0 saturated heterocycles. The van der Waals surface area contributed by atoms with Crippen LogP contribution in [0, 0.1) is 0 Å². The molecule has 30 heavy (non-hydrogen) atoms. The van der Waals surface area contributed by atoms with Crippen LogP contribution in [-0.4, -0.2) is 6.54 Å². The zero-order chi connectivity index (χ0) is 21.3. The molecule has 0 saturated carbocycles. The number of anilines is 2. The smallest absolute Gasteiger partial charge is 0.0588 e. The Balaban J connectivity index is 2.17. The van der Waals surface area contributed by atoms with Crippen molar-refractivity contribution in [2.75, 3.05) is 11.4 Å². The Morgan fingerprint density at radius 1 is 0.700 bits per heavy atom. The van der Waals surface area contributed by atoms with Crippen molar-refractivity contribution in [2.45, 2.75) is 108 Å². The van der Waals surface area contributed by atoms with Gasteiger partial charge in [-0.05, 0) is 79.8 Å². The van der Waals surface area contributed by atoms with Gasteiger partial charge in [0.25, 0.3) is 0 Å². The normalized spacial score (nSPS) is 12.7. The Bertz CT molecular complexity index is 811. The second kappa shape index (κ2) is 11.8. The zero-order valence-electron chi connectivity index (χ0n) is 19.7. The van der Waals surface area contributed by atoms with Gasteiger partial charge in [0.15, 0.2) is 0 Å². The minimum absolute atomic E-state index is 1.13. The molecule has 0 fully saturated rings. The number of unbranched alkanes of at least 4 members (excludes halogenated alkanes) is 4. The van der Waals surface area contributed by atoms with Gasteiger partial charge in [-0.25, -0.2) is 0 Å². The summed E-state index contributed by atoms with van der Waals surface area (Å²) in [5.74, 6) is 0. The first-order chi connectivity index (χ1) is 14.7. The van der Waals surface area contributed by atoms with E-state index in [1.807, 2.05) is 11.8 Å². The van der Waals surface area contributed by atoms with E-state index in [0.717, 1.165) is 6.54 Å². The van der Waals surface area contributed by atoms with Crippen LogP contribution in [0.15, 0.2) is 40.1 Å². The third-order valence-electron chi connectivity index (χ3n) is 6.32. The van der Waals surface area contributed by atoms with Gasteiger partial charge in [-0.15, -0.1) is 0 Å². The van der Waals surface area contributed by atoms with Gasteiger partial charge in [0.05, 0.1) is 11.4 Å². The highest BCUT2D eigenvalue weighted by Gasteiger charge is 2.28. The van der Waals surface area contributed by atoms with Crippen molar-refractivity contribution in [1.29, 1.82) is 0 Å². The predicted molar refractivity (Wildman–Crippen MR) is 135 cm³/mol. The highest BCUT2D eigenvalue weighted by Crippen LogP contribution is 2.51. The molecule has 3 rings (SSSR count). The minimum atomic E-state index is 1.13. The Labute approximate surface area is 189 Å². The summed E-state index contributed by atoms with van der Waals surface area (Å²) in [6, 6.07) is 11.6. The predicted octanol–water partition coefficient (Wildman–Crippen LogP) is 9.12. The number of nitrogens with zero attached hydrogens (tertiary/aromatic N) is 1. The standard InChI is InChI=1S/C28H41NS/c1-5-9-15-22-21-27-28(24(17-11-7-3)23(22)16-10-6-2)29(20-12-8-4)25-18-13-14-19-26(25)30-27/h13-14,18-19,21H,5-12,15-17,20H2,1-4H3. The molecule has 0 aliphatic carbocycles. The molecule has 0 unspecified atom stereocenters. The first kappa shape index (κ1) is 23.3. The molecule has 2 aromatic carbocycles. The van der Waals surface area contributed by atoms with Crippen molar-refractivity contribution in [1.82, 2.24) is 0 Å². The molecular formula is C28H41NS. The van der Waals surface area contributed by atoms with Crippen LogP contribution in [0.2, 0.25) is 0 Å². The van der Waals surface area contributed by atoms with Crippen LogP contribution < -0.4 is 4.90 Å². The van der Waals surface area contributed by atoms with Crippen LogP contribution in [0.1, 0.15) is 95.8 Å². The number of fused-ring (bicyclic) bond motifs is 2. The maximum atomic E-state index is 2.68. The maximum absolute atomic E-state index is 2.68. The molecule has 164 valence electrons. The third kappa shape index (κ3) is 5.25. The summed E-state index contributed by atoms with van der Waals surface area (Å²) in [6.45, 7) is 10.4. The van der Waals surface area contributed by atoms with Crippen molar-refractivity contribution in [3.05, 3.63) is 47.0 Å². The fourth-order valence-corrected chi connectivity index (χ4v) is 5.80. The quantitative estimate of drug-likeness (QED) is 0.335. The number of hydrogen-bond donors (Lipinski definition) is 0. The summed E-state index contributed by atoms with van der Waals surface area (Å²) in [5.41, 5.74) is 7.97. The first-order valence-electron chi connectivity index (χ1n) is 12.5. The van der Waals surface area contributed by atoms with E-state index < -0.39 is 0 Å². The van der Waals surface area contributed by atoms with Crippen LogP contribution in [0.25, 0.3) is 0 Å². The lowest BCUT2D eigenvalue weighted by atomic mass is 9.89. The van der Waals surface area contributed by atoms with Crippen molar-refractivity contribution in [3.63, 3.8) is 0 Å². The summed E-state index contributed by atoms with van der Waals surface area (Å²) in [7, 11) is 0. The molecule has 1 nitrogen and oxygen atoms in total. The van der Waals surface area contributed by atoms with Crippen molar-refractivity contribution in [2.24, 2.45) is 0 Å². The summed E-state index contributed by atoms with van der Waals surface area (Å²) < 4.78 is 0. The van der Waals surface area contributed by atoms with Crippen molar-refractivity contribution >= 4 is 23.1 Å². The average Bonchev–Trinajstić information content (AvgIpc) is 2.77. The fraction of sp³-hybridized carbons (Fsp3) is 0.571. The van der Waals surface area contributed by atoms with E-state index in [2.05, 4.69) is 62.9 Å². The van der Waals surface area contributed by atoms with E-state index in [1.54, 1.807) is 22.4 Å². The Morgan fingerprint density at radius 2 is 1.33 bits per heavy atom. The number of rotatable bonds is 12. The van der Waals surface area contributed by atoms with Gasteiger partial charge < -0.3 is 4.90 Å². The summed E-state index contributed by atoms with van der Waals surface area (Å²) in [5, 5.41) is 0. The lowest BCUT2D eigenvalue weighted by molar-refractivity contribution is 0.722. The van der Waals surface area contributed by atoms with Gasteiger partial charge in [-0.1, -0.05) is 77.3 Å². The first-order valence-corrected chi connectivity index (χ1v) is 13.3. The highest BCUT2D eigenvalue weighted by molar-refractivity contribution is 7.99. The Morgan fingerprint density at radius 3 is 2.03 bits per heavy atom. The molecule has 1 aliphatic heterocycles. The molecule has 0 N–H and O–H groups in total. The van der Waals surface area contributed by atoms with Gasteiger partial charge in [0.1, 0.15) is 0 Å². The van der Waals surface area contributed by atoms with Gasteiger partial charge >= 0.3 is 0 Å². The van der Waals surface area contributed by atoms with E-state index in [-0.39, 0.29) is 0 Å². The Hall–Kier alpha value is -1.41.